The lowest BCUT2D eigenvalue weighted by atomic mass is 10.2. The highest BCUT2D eigenvalue weighted by Crippen LogP contribution is 2.12. The molecule has 1 rings (SSSR count). The van der Waals surface area contributed by atoms with E-state index in [9.17, 15) is 0 Å². The van der Waals surface area contributed by atoms with Crippen LogP contribution in [0.3, 0.4) is 0 Å². The SMILES string of the molecule is COc1ccc(C=CCCN)cc1. The number of hydrogen-bond donors (Lipinski definition) is 1. The van der Waals surface area contributed by atoms with Crippen LogP contribution in [0.5, 0.6) is 5.75 Å². The molecule has 1 aromatic carbocycles. The fourth-order valence-electron chi connectivity index (χ4n) is 1.03. The monoisotopic (exact) mass is 177 g/mol. The summed E-state index contributed by atoms with van der Waals surface area (Å²) in [4.78, 5) is 0. The molecule has 13 heavy (non-hydrogen) atoms. The highest BCUT2D eigenvalue weighted by atomic mass is 16.5. The Hall–Kier alpha value is -1.28. The first-order chi connectivity index (χ1) is 6.36. The summed E-state index contributed by atoms with van der Waals surface area (Å²) in [6.45, 7) is 0.701. The fourth-order valence-corrected chi connectivity index (χ4v) is 1.03. The molecule has 0 amide bonds. The molecule has 2 nitrogen and oxygen atoms in total. The summed E-state index contributed by atoms with van der Waals surface area (Å²) in [5.74, 6) is 0.885. The van der Waals surface area contributed by atoms with Gasteiger partial charge in [0.05, 0.1) is 7.11 Å². The number of ether oxygens (including phenoxy) is 1. The van der Waals surface area contributed by atoms with Crippen molar-refractivity contribution in [3.8, 4) is 5.75 Å². The van der Waals surface area contributed by atoms with E-state index in [-0.39, 0.29) is 0 Å². The Morgan fingerprint density at radius 3 is 2.54 bits per heavy atom. The summed E-state index contributed by atoms with van der Waals surface area (Å²) in [5.41, 5.74) is 6.54. The van der Waals surface area contributed by atoms with E-state index in [0.29, 0.717) is 6.54 Å². The van der Waals surface area contributed by atoms with Crippen molar-refractivity contribution in [1.82, 2.24) is 0 Å². The number of nitrogens with two attached hydrogens (primary N) is 1. The maximum Gasteiger partial charge on any atom is 0.118 e. The Morgan fingerprint density at radius 1 is 1.31 bits per heavy atom. The first-order valence-electron chi connectivity index (χ1n) is 4.37. The summed E-state index contributed by atoms with van der Waals surface area (Å²) in [6, 6.07) is 7.93. The van der Waals surface area contributed by atoms with Gasteiger partial charge < -0.3 is 10.5 Å². The van der Waals surface area contributed by atoms with Crippen LogP contribution < -0.4 is 10.5 Å². The third-order valence-electron chi connectivity index (χ3n) is 1.76. The van der Waals surface area contributed by atoms with Crippen molar-refractivity contribution in [1.29, 1.82) is 0 Å². The van der Waals surface area contributed by atoms with Gasteiger partial charge in [-0.05, 0) is 30.7 Å². The molecule has 70 valence electrons. The first-order valence-corrected chi connectivity index (χ1v) is 4.37. The van der Waals surface area contributed by atoms with Gasteiger partial charge in [0.1, 0.15) is 5.75 Å². The summed E-state index contributed by atoms with van der Waals surface area (Å²) in [7, 11) is 1.67. The van der Waals surface area contributed by atoms with Crippen molar-refractivity contribution >= 4 is 6.08 Å². The van der Waals surface area contributed by atoms with Crippen molar-refractivity contribution in [3.05, 3.63) is 35.9 Å². The molecule has 0 saturated carbocycles. The Bertz CT molecular complexity index is 264. The Labute approximate surface area is 79.0 Å². The van der Waals surface area contributed by atoms with E-state index >= 15 is 0 Å². The molecule has 1 aromatic rings. The smallest absolute Gasteiger partial charge is 0.118 e. The quantitative estimate of drug-likeness (QED) is 0.764. The minimum Gasteiger partial charge on any atom is -0.497 e. The standard InChI is InChI=1S/C11H15NO/c1-13-11-7-5-10(6-8-11)4-2-3-9-12/h2,4-8H,3,9,12H2,1H3. The van der Waals surface area contributed by atoms with Crippen LogP contribution in [-0.2, 0) is 0 Å². The van der Waals surface area contributed by atoms with Crippen LogP contribution in [0.25, 0.3) is 6.08 Å². The minimum atomic E-state index is 0.701. The maximum atomic E-state index is 5.37. The average molecular weight is 177 g/mol. The van der Waals surface area contributed by atoms with Gasteiger partial charge in [-0.25, -0.2) is 0 Å². The zero-order valence-corrected chi connectivity index (χ0v) is 7.86. The third-order valence-corrected chi connectivity index (χ3v) is 1.76. The van der Waals surface area contributed by atoms with Gasteiger partial charge in [0.15, 0.2) is 0 Å². The molecule has 0 aliphatic rings. The highest BCUT2D eigenvalue weighted by molar-refractivity contribution is 5.50. The van der Waals surface area contributed by atoms with Gasteiger partial charge in [-0.3, -0.25) is 0 Å². The predicted molar refractivity (Wildman–Crippen MR) is 55.7 cm³/mol. The molecule has 0 fully saturated rings. The van der Waals surface area contributed by atoms with E-state index in [4.69, 9.17) is 10.5 Å². The van der Waals surface area contributed by atoms with Crippen molar-refractivity contribution in [2.75, 3.05) is 13.7 Å². The van der Waals surface area contributed by atoms with Gasteiger partial charge >= 0.3 is 0 Å². The molecule has 0 spiro atoms. The van der Waals surface area contributed by atoms with Crippen molar-refractivity contribution < 1.29 is 4.74 Å². The van der Waals surface area contributed by atoms with Gasteiger partial charge in [-0.1, -0.05) is 24.3 Å². The molecule has 0 aliphatic carbocycles. The zero-order chi connectivity index (χ0) is 9.52. The highest BCUT2D eigenvalue weighted by Gasteiger charge is 1.88. The van der Waals surface area contributed by atoms with E-state index in [0.717, 1.165) is 12.2 Å². The average Bonchev–Trinajstić information content (AvgIpc) is 2.19. The van der Waals surface area contributed by atoms with Crippen LogP contribution in [0.2, 0.25) is 0 Å². The van der Waals surface area contributed by atoms with E-state index < -0.39 is 0 Å². The molecule has 0 unspecified atom stereocenters. The van der Waals surface area contributed by atoms with Gasteiger partial charge in [-0.15, -0.1) is 0 Å². The Kier molecular flexibility index (Phi) is 4.06. The lowest BCUT2D eigenvalue weighted by Crippen LogP contribution is -1.94. The minimum absolute atomic E-state index is 0.701. The maximum absolute atomic E-state index is 5.37. The van der Waals surface area contributed by atoms with Crippen LogP contribution >= 0.6 is 0 Å². The van der Waals surface area contributed by atoms with Crippen LogP contribution in [0.15, 0.2) is 30.3 Å². The molecule has 0 heterocycles. The van der Waals surface area contributed by atoms with Crippen molar-refractivity contribution in [2.24, 2.45) is 5.73 Å². The van der Waals surface area contributed by atoms with Gasteiger partial charge in [0.25, 0.3) is 0 Å². The van der Waals surface area contributed by atoms with Gasteiger partial charge in [0.2, 0.25) is 0 Å². The van der Waals surface area contributed by atoms with Gasteiger partial charge in [0, 0.05) is 0 Å². The van der Waals surface area contributed by atoms with Crippen molar-refractivity contribution in [3.63, 3.8) is 0 Å². The normalized spacial score (nSPS) is 10.6. The molecule has 0 aliphatic heterocycles. The lowest BCUT2D eigenvalue weighted by Gasteiger charge is -1.98. The van der Waals surface area contributed by atoms with Crippen LogP contribution in [0.4, 0.5) is 0 Å². The molecule has 0 bridgehead atoms. The summed E-state index contributed by atoms with van der Waals surface area (Å²) < 4.78 is 5.05. The largest absolute Gasteiger partial charge is 0.497 e. The fraction of sp³-hybridized carbons (Fsp3) is 0.273. The molecule has 0 aromatic heterocycles. The predicted octanol–water partition coefficient (Wildman–Crippen LogP) is 2.06. The number of benzene rings is 1. The third kappa shape index (κ3) is 3.30. The van der Waals surface area contributed by atoms with Gasteiger partial charge in [-0.2, -0.15) is 0 Å². The van der Waals surface area contributed by atoms with Crippen LogP contribution in [0.1, 0.15) is 12.0 Å². The van der Waals surface area contributed by atoms with E-state index in [1.165, 1.54) is 5.56 Å². The lowest BCUT2D eigenvalue weighted by molar-refractivity contribution is 0.415. The summed E-state index contributed by atoms with van der Waals surface area (Å²) >= 11 is 0. The van der Waals surface area contributed by atoms with Crippen molar-refractivity contribution in [2.45, 2.75) is 6.42 Å². The second-order valence-electron chi connectivity index (χ2n) is 2.75. The molecular formula is C11H15NO. The summed E-state index contributed by atoms with van der Waals surface area (Å²) in [6.07, 6.45) is 5.06. The van der Waals surface area contributed by atoms with E-state index in [1.807, 2.05) is 24.3 Å². The Balaban J connectivity index is 2.58. The number of rotatable bonds is 4. The van der Waals surface area contributed by atoms with Crippen LogP contribution in [0, 0.1) is 0 Å². The zero-order valence-electron chi connectivity index (χ0n) is 7.86. The first kappa shape index (κ1) is 9.81. The molecule has 0 saturated heterocycles. The molecule has 2 N–H and O–H groups in total. The molecular weight excluding hydrogens is 162 g/mol. The summed E-state index contributed by atoms with van der Waals surface area (Å²) in [5, 5.41) is 0. The topological polar surface area (TPSA) is 35.2 Å². The number of hydrogen-bond acceptors (Lipinski definition) is 2. The van der Waals surface area contributed by atoms with Crippen LogP contribution in [-0.4, -0.2) is 13.7 Å². The van der Waals surface area contributed by atoms with E-state index in [2.05, 4.69) is 12.2 Å². The molecule has 0 atom stereocenters. The van der Waals surface area contributed by atoms with E-state index in [1.54, 1.807) is 7.11 Å². The number of methoxy groups -OCH3 is 1. The second-order valence-corrected chi connectivity index (χ2v) is 2.75. The second kappa shape index (κ2) is 5.38. The Morgan fingerprint density at radius 2 is 2.00 bits per heavy atom. The molecule has 0 radical (unpaired) electrons. The molecule has 2 heteroatoms.